The van der Waals surface area contributed by atoms with E-state index in [-0.39, 0.29) is 5.41 Å². The molecule has 1 saturated heterocycles. The molecule has 7 nitrogen and oxygen atoms in total. The quantitative estimate of drug-likeness (QED) is 0.684. The van der Waals surface area contributed by atoms with Gasteiger partial charge in [0.1, 0.15) is 17.7 Å². The molecule has 146 valence electrons. The number of anilines is 2. The van der Waals surface area contributed by atoms with Crippen molar-refractivity contribution in [3.8, 4) is 0 Å². The number of aryl methyl sites for hydroxylation is 1. The highest BCUT2D eigenvalue weighted by Gasteiger charge is 2.26. The summed E-state index contributed by atoms with van der Waals surface area (Å²) in [6.07, 6.45) is 8.92. The van der Waals surface area contributed by atoms with Gasteiger partial charge in [-0.15, -0.1) is 0 Å². The largest absolute Gasteiger partial charge is 0.353 e. The van der Waals surface area contributed by atoms with Crippen molar-refractivity contribution in [3.63, 3.8) is 0 Å². The lowest BCUT2D eigenvalue weighted by Crippen LogP contribution is -2.47. The van der Waals surface area contributed by atoms with Gasteiger partial charge in [0.05, 0.1) is 5.69 Å². The van der Waals surface area contributed by atoms with Gasteiger partial charge in [0, 0.05) is 55.2 Å². The third-order valence-electron chi connectivity index (χ3n) is 5.87. The predicted octanol–water partition coefficient (Wildman–Crippen LogP) is 2.63. The zero-order valence-corrected chi connectivity index (χ0v) is 16.9. The monoisotopic (exact) mass is 377 g/mol. The molecule has 0 atom stereocenters. The highest BCUT2D eigenvalue weighted by atomic mass is 15.3. The van der Waals surface area contributed by atoms with E-state index in [9.17, 15) is 0 Å². The maximum absolute atomic E-state index is 4.76. The van der Waals surface area contributed by atoms with Crippen LogP contribution >= 0.6 is 0 Å². The Labute approximate surface area is 165 Å². The van der Waals surface area contributed by atoms with E-state index in [0.717, 1.165) is 61.9 Å². The molecule has 28 heavy (non-hydrogen) atoms. The molecule has 2 aliphatic rings. The van der Waals surface area contributed by atoms with Crippen LogP contribution < -0.4 is 9.80 Å². The Morgan fingerprint density at radius 1 is 0.893 bits per heavy atom. The summed E-state index contributed by atoms with van der Waals surface area (Å²) >= 11 is 0. The molecule has 0 amide bonds. The maximum atomic E-state index is 4.76. The summed E-state index contributed by atoms with van der Waals surface area (Å²) in [5, 5.41) is 4.76. The number of hydrogen-bond acceptors (Lipinski definition) is 6. The van der Waals surface area contributed by atoms with Crippen molar-refractivity contribution in [2.24, 2.45) is 0 Å². The van der Waals surface area contributed by atoms with Crippen LogP contribution in [0, 0.1) is 0 Å². The molecule has 0 unspecified atom stereocenters. The molecule has 1 fully saturated rings. The van der Waals surface area contributed by atoms with Crippen molar-refractivity contribution in [1.29, 1.82) is 0 Å². The zero-order chi connectivity index (χ0) is 19.3. The van der Waals surface area contributed by atoms with Crippen LogP contribution in [0.25, 0.3) is 5.52 Å². The van der Waals surface area contributed by atoms with E-state index in [1.165, 1.54) is 17.7 Å². The SMILES string of the molecule is CC(C)(C)c1cc2c(N3CCN(c4ncnc5c4CCC5)CC3)nccn2n1. The van der Waals surface area contributed by atoms with Crippen LogP contribution in [0.15, 0.2) is 24.8 Å². The molecular weight excluding hydrogens is 350 g/mol. The molecule has 0 saturated carbocycles. The van der Waals surface area contributed by atoms with E-state index in [1.54, 1.807) is 6.33 Å². The number of hydrogen-bond donors (Lipinski definition) is 0. The highest BCUT2D eigenvalue weighted by Crippen LogP contribution is 2.30. The van der Waals surface area contributed by atoms with Crippen molar-refractivity contribution in [2.45, 2.75) is 45.4 Å². The Balaban J connectivity index is 1.39. The first-order valence-electron chi connectivity index (χ1n) is 10.2. The molecule has 0 aromatic carbocycles. The Hall–Kier alpha value is -2.70. The smallest absolute Gasteiger partial charge is 0.154 e. The Morgan fingerprint density at radius 3 is 2.39 bits per heavy atom. The average molecular weight is 377 g/mol. The number of aromatic nitrogens is 5. The summed E-state index contributed by atoms with van der Waals surface area (Å²) in [6, 6.07) is 2.19. The van der Waals surface area contributed by atoms with E-state index >= 15 is 0 Å². The molecule has 1 aliphatic carbocycles. The molecule has 5 rings (SSSR count). The first-order valence-corrected chi connectivity index (χ1v) is 10.2. The van der Waals surface area contributed by atoms with E-state index in [0.29, 0.717) is 0 Å². The topological polar surface area (TPSA) is 62.5 Å². The van der Waals surface area contributed by atoms with E-state index in [4.69, 9.17) is 10.1 Å². The summed E-state index contributed by atoms with van der Waals surface area (Å²) in [4.78, 5) is 18.6. The zero-order valence-electron chi connectivity index (χ0n) is 16.9. The molecule has 3 aromatic heterocycles. The minimum atomic E-state index is 0.0232. The molecule has 4 heterocycles. The van der Waals surface area contributed by atoms with Gasteiger partial charge >= 0.3 is 0 Å². The van der Waals surface area contributed by atoms with E-state index in [2.05, 4.69) is 46.6 Å². The minimum Gasteiger partial charge on any atom is -0.353 e. The number of piperazine rings is 1. The molecule has 0 N–H and O–H groups in total. The summed E-state index contributed by atoms with van der Waals surface area (Å²) in [6.45, 7) is 10.4. The van der Waals surface area contributed by atoms with Crippen molar-refractivity contribution < 1.29 is 0 Å². The second kappa shape index (κ2) is 6.43. The first kappa shape index (κ1) is 17.4. The maximum Gasteiger partial charge on any atom is 0.154 e. The summed E-state index contributed by atoms with van der Waals surface area (Å²) in [7, 11) is 0. The van der Waals surface area contributed by atoms with Gasteiger partial charge in [-0.05, 0) is 25.3 Å². The number of rotatable bonds is 2. The molecule has 0 bridgehead atoms. The van der Waals surface area contributed by atoms with Gasteiger partial charge in [-0.3, -0.25) is 0 Å². The van der Waals surface area contributed by atoms with E-state index < -0.39 is 0 Å². The second-order valence-corrected chi connectivity index (χ2v) is 8.81. The fraction of sp³-hybridized carbons (Fsp3) is 0.524. The summed E-state index contributed by atoms with van der Waals surface area (Å²) in [5.74, 6) is 2.17. The molecule has 0 spiro atoms. The van der Waals surface area contributed by atoms with Crippen LogP contribution in [0.3, 0.4) is 0 Å². The second-order valence-electron chi connectivity index (χ2n) is 8.81. The van der Waals surface area contributed by atoms with Crippen molar-refractivity contribution in [2.75, 3.05) is 36.0 Å². The van der Waals surface area contributed by atoms with Gasteiger partial charge < -0.3 is 9.80 Å². The Bertz CT molecular complexity index is 1010. The van der Waals surface area contributed by atoms with Gasteiger partial charge in [-0.2, -0.15) is 5.10 Å². The lowest BCUT2D eigenvalue weighted by atomic mass is 9.92. The number of fused-ring (bicyclic) bond motifs is 2. The first-order chi connectivity index (χ1) is 13.5. The van der Waals surface area contributed by atoms with Crippen LogP contribution in [-0.4, -0.2) is 50.7 Å². The molecule has 7 heteroatoms. The van der Waals surface area contributed by atoms with Crippen molar-refractivity contribution in [3.05, 3.63) is 41.7 Å². The lowest BCUT2D eigenvalue weighted by molar-refractivity contribution is 0.562. The predicted molar refractivity (Wildman–Crippen MR) is 110 cm³/mol. The van der Waals surface area contributed by atoms with Crippen LogP contribution in [0.2, 0.25) is 0 Å². The van der Waals surface area contributed by atoms with Gasteiger partial charge in [0.25, 0.3) is 0 Å². The van der Waals surface area contributed by atoms with Gasteiger partial charge in [-0.25, -0.2) is 19.5 Å². The molecular formula is C21H27N7. The summed E-state index contributed by atoms with van der Waals surface area (Å²) in [5.41, 5.74) is 4.81. The highest BCUT2D eigenvalue weighted by molar-refractivity contribution is 5.70. The third-order valence-corrected chi connectivity index (χ3v) is 5.87. The fourth-order valence-electron chi connectivity index (χ4n) is 4.26. The third kappa shape index (κ3) is 2.89. The molecule has 3 aromatic rings. The van der Waals surface area contributed by atoms with Crippen LogP contribution in [0.1, 0.15) is 44.1 Å². The van der Waals surface area contributed by atoms with Crippen molar-refractivity contribution in [1.82, 2.24) is 24.6 Å². The van der Waals surface area contributed by atoms with Gasteiger partial charge in [-0.1, -0.05) is 20.8 Å². The van der Waals surface area contributed by atoms with Crippen LogP contribution in [-0.2, 0) is 18.3 Å². The standard InChI is InChI=1S/C21H27N7/c1-21(2,3)18-13-17-20(22-7-8-28(17)25-18)27-11-9-26(10-12-27)19-15-5-4-6-16(15)23-14-24-19/h7-8,13-14H,4-6,9-12H2,1-3H3. The van der Waals surface area contributed by atoms with Crippen LogP contribution in [0.4, 0.5) is 11.6 Å². The fourth-order valence-corrected chi connectivity index (χ4v) is 4.26. The van der Waals surface area contributed by atoms with Gasteiger partial charge in [0.2, 0.25) is 0 Å². The number of nitrogens with zero attached hydrogens (tertiary/aromatic N) is 7. The van der Waals surface area contributed by atoms with Gasteiger partial charge in [0.15, 0.2) is 5.82 Å². The summed E-state index contributed by atoms with van der Waals surface area (Å²) < 4.78 is 1.96. The average Bonchev–Trinajstić information content (AvgIpc) is 3.34. The normalized spacial score (nSPS) is 17.4. The van der Waals surface area contributed by atoms with E-state index in [1.807, 2.05) is 16.9 Å². The minimum absolute atomic E-state index is 0.0232. The Kier molecular flexibility index (Phi) is 4.00. The molecule has 0 radical (unpaired) electrons. The lowest BCUT2D eigenvalue weighted by Gasteiger charge is -2.36. The molecule has 1 aliphatic heterocycles. The van der Waals surface area contributed by atoms with Crippen LogP contribution in [0.5, 0.6) is 0 Å². The van der Waals surface area contributed by atoms with Crippen molar-refractivity contribution >= 4 is 17.2 Å². The Morgan fingerprint density at radius 2 is 1.64 bits per heavy atom.